The molecule has 0 saturated carbocycles. The van der Waals surface area contributed by atoms with E-state index in [0.717, 1.165) is 5.56 Å². The van der Waals surface area contributed by atoms with Crippen molar-refractivity contribution in [2.24, 2.45) is 0 Å². The summed E-state index contributed by atoms with van der Waals surface area (Å²) in [6, 6.07) is 6.50. The summed E-state index contributed by atoms with van der Waals surface area (Å²) in [6.07, 6.45) is -9.24. The topological polar surface area (TPSA) is 54.0 Å². The van der Waals surface area contributed by atoms with E-state index in [9.17, 15) is 18.3 Å². The predicted octanol–water partition coefficient (Wildman–Crippen LogP) is 2.40. The zero-order valence-corrected chi connectivity index (χ0v) is 16.3. The highest BCUT2D eigenvalue weighted by Gasteiger charge is 2.49. The molecule has 1 saturated heterocycles. The molecule has 0 aromatic heterocycles. The molecule has 0 radical (unpaired) electrons. The van der Waals surface area contributed by atoms with E-state index < -0.39 is 30.5 Å². The maximum atomic E-state index is 13.5. The van der Waals surface area contributed by atoms with Crippen molar-refractivity contribution >= 4 is 17.3 Å². The molecular weight excluding hydrogens is 381 g/mol. The second-order valence-electron chi connectivity index (χ2n) is 6.88. The average Bonchev–Trinajstić information content (AvgIpc) is 2.57. The first-order valence-corrected chi connectivity index (χ1v) is 9.00. The number of ether oxygens (including phenoxy) is 2. The summed E-state index contributed by atoms with van der Waals surface area (Å²) in [5.41, 5.74) is 1.65. The molecule has 1 aromatic carbocycles. The minimum atomic E-state index is -4.60. The van der Waals surface area contributed by atoms with Gasteiger partial charge in [0.05, 0.1) is 31.5 Å². The molecule has 0 bridgehead atoms. The summed E-state index contributed by atoms with van der Waals surface area (Å²) in [5, 5.41) is 13.5. The van der Waals surface area contributed by atoms with Gasteiger partial charge in [-0.05, 0) is 24.7 Å². The Morgan fingerprint density at radius 2 is 2.00 bits per heavy atom. The Morgan fingerprint density at radius 3 is 2.52 bits per heavy atom. The molecule has 1 fully saturated rings. The van der Waals surface area contributed by atoms with Crippen LogP contribution in [-0.4, -0.2) is 66.4 Å². The van der Waals surface area contributed by atoms with Gasteiger partial charge in [0.1, 0.15) is 0 Å². The normalized spacial score (nSPS) is 24.3. The van der Waals surface area contributed by atoms with Crippen molar-refractivity contribution in [1.29, 1.82) is 0 Å². The van der Waals surface area contributed by atoms with Crippen LogP contribution < -0.4 is 5.32 Å². The van der Waals surface area contributed by atoms with Gasteiger partial charge in [0.15, 0.2) is 11.2 Å². The molecule has 0 spiro atoms. The maximum Gasteiger partial charge on any atom is 0.417 e. The smallest absolute Gasteiger partial charge is 0.391 e. The Balaban J connectivity index is 1.99. The van der Waals surface area contributed by atoms with Gasteiger partial charge in [-0.15, -0.1) is 0 Å². The largest absolute Gasteiger partial charge is 0.417 e. The van der Waals surface area contributed by atoms with E-state index in [1.54, 1.807) is 31.1 Å². The number of aryl methyl sites for hydroxylation is 1. The first kappa shape index (κ1) is 21.9. The standard InChI is InChI=1S/C18H25F3N2O3S/c1-11-4-6-12(7-5-11)9-26-16(18(19,20)21)15-8-14(24)13(10-25-15)22-17(27)23(2)3/h4-7,13-16,24H,8-10H2,1-3H3,(H,22,27)/t13-,14-,15-,16+/m0/s1. The van der Waals surface area contributed by atoms with Crippen LogP contribution >= 0.6 is 12.2 Å². The third-order valence-corrected chi connectivity index (χ3v) is 4.84. The lowest BCUT2D eigenvalue weighted by Gasteiger charge is -2.38. The third kappa shape index (κ3) is 6.31. The fourth-order valence-corrected chi connectivity index (χ4v) is 2.88. The van der Waals surface area contributed by atoms with Gasteiger partial charge in [-0.2, -0.15) is 13.2 Å². The number of thiocarbonyl (C=S) groups is 1. The van der Waals surface area contributed by atoms with E-state index in [0.29, 0.717) is 10.7 Å². The predicted molar refractivity (Wildman–Crippen MR) is 99.4 cm³/mol. The van der Waals surface area contributed by atoms with Crippen molar-refractivity contribution in [2.75, 3.05) is 20.7 Å². The van der Waals surface area contributed by atoms with Crippen molar-refractivity contribution in [3.05, 3.63) is 35.4 Å². The summed E-state index contributed by atoms with van der Waals surface area (Å²) >= 11 is 5.10. The fourth-order valence-electron chi connectivity index (χ4n) is 2.73. The summed E-state index contributed by atoms with van der Waals surface area (Å²) in [5.74, 6) is 0. The van der Waals surface area contributed by atoms with E-state index >= 15 is 0 Å². The van der Waals surface area contributed by atoms with Crippen molar-refractivity contribution in [3.63, 3.8) is 0 Å². The molecule has 1 aliphatic heterocycles. The van der Waals surface area contributed by atoms with Gasteiger partial charge in [-0.25, -0.2) is 0 Å². The Bertz CT molecular complexity index is 625. The number of alkyl halides is 3. The Hall–Kier alpha value is -1.42. The van der Waals surface area contributed by atoms with Gasteiger partial charge in [0, 0.05) is 20.5 Å². The van der Waals surface area contributed by atoms with Crippen LogP contribution in [-0.2, 0) is 16.1 Å². The zero-order chi connectivity index (χ0) is 20.2. The van der Waals surface area contributed by atoms with Crippen molar-refractivity contribution in [2.45, 2.75) is 50.5 Å². The lowest BCUT2D eigenvalue weighted by Crippen LogP contribution is -2.57. The minimum Gasteiger partial charge on any atom is -0.391 e. The van der Waals surface area contributed by atoms with Crippen LogP contribution in [0.1, 0.15) is 17.5 Å². The molecule has 0 amide bonds. The monoisotopic (exact) mass is 406 g/mol. The number of hydrogen-bond donors (Lipinski definition) is 2. The van der Waals surface area contributed by atoms with Crippen LogP contribution in [0.3, 0.4) is 0 Å². The molecule has 1 aliphatic rings. The Morgan fingerprint density at radius 1 is 1.37 bits per heavy atom. The number of hydrogen-bond acceptors (Lipinski definition) is 4. The number of benzene rings is 1. The van der Waals surface area contributed by atoms with Gasteiger partial charge in [-0.3, -0.25) is 0 Å². The van der Waals surface area contributed by atoms with E-state index in [2.05, 4.69) is 5.32 Å². The quantitative estimate of drug-likeness (QED) is 0.733. The van der Waals surface area contributed by atoms with E-state index in [1.807, 2.05) is 19.1 Å². The van der Waals surface area contributed by atoms with Gasteiger partial charge in [0.25, 0.3) is 0 Å². The lowest BCUT2D eigenvalue weighted by atomic mass is 9.97. The first-order chi connectivity index (χ1) is 12.6. The molecule has 27 heavy (non-hydrogen) atoms. The highest BCUT2D eigenvalue weighted by molar-refractivity contribution is 7.80. The summed E-state index contributed by atoms with van der Waals surface area (Å²) in [7, 11) is 3.46. The summed E-state index contributed by atoms with van der Waals surface area (Å²) < 4.78 is 51.0. The highest BCUT2D eigenvalue weighted by atomic mass is 32.1. The van der Waals surface area contributed by atoms with Crippen molar-refractivity contribution in [3.8, 4) is 0 Å². The van der Waals surface area contributed by atoms with Crippen LogP contribution in [0.2, 0.25) is 0 Å². The SMILES string of the molecule is Cc1ccc(CO[C@H]([C@@H]2C[C@H](O)[C@@H](NC(=S)N(C)C)CO2)C(F)(F)F)cc1. The number of halogens is 3. The van der Waals surface area contributed by atoms with Crippen LogP contribution in [0.15, 0.2) is 24.3 Å². The molecule has 5 nitrogen and oxygen atoms in total. The van der Waals surface area contributed by atoms with E-state index in [1.165, 1.54) is 0 Å². The molecule has 0 aliphatic carbocycles. The molecule has 2 N–H and O–H groups in total. The number of aliphatic hydroxyl groups excluding tert-OH is 1. The lowest BCUT2D eigenvalue weighted by molar-refractivity contribution is -0.266. The van der Waals surface area contributed by atoms with Crippen LogP contribution in [0, 0.1) is 6.92 Å². The molecule has 2 rings (SSSR count). The Kier molecular flexibility index (Phi) is 7.44. The molecule has 1 aromatic rings. The third-order valence-electron chi connectivity index (χ3n) is 4.35. The summed E-state index contributed by atoms with van der Waals surface area (Å²) in [6.45, 7) is 1.61. The minimum absolute atomic E-state index is 0.0969. The first-order valence-electron chi connectivity index (χ1n) is 8.59. The molecular formula is C18H25F3N2O3S. The highest BCUT2D eigenvalue weighted by Crippen LogP contribution is 2.32. The van der Waals surface area contributed by atoms with Gasteiger partial charge < -0.3 is 24.8 Å². The maximum absolute atomic E-state index is 13.5. The Labute approximate surface area is 162 Å². The molecule has 152 valence electrons. The van der Waals surface area contributed by atoms with Gasteiger partial charge >= 0.3 is 6.18 Å². The second-order valence-corrected chi connectivity index (χ2v) is 7.27. The second kappa shape index (κ2) is 9.18. The van der Waals surface area contributed by atoms with Gasteiger partial charge in [0.2, 0.25) is 0 Å². The van der Waals surface area contributed by atoms with Crippen LogP contribution in [0.4, 0.5) is 13.2 Å². The molecule has 4 atom stereocenters. The zero-order valence-electron chi connectivity index (χ0n) is 15.5. The summed E-state index contributed by atoms with van der Waals surface area (Å²) in [4.78, 5) is 1.64. The van der Waals surface area contributed by atoms with Crippen LogP contribution in [0.25, 0.3) is 0 Å². The van der Waals surface area contributed by atoms with E-state index in [-0.39, 0.29) is 19.6 Å². The number of nitrogens with one attached hydrogen (secondary N) is 1. The molecule has 9 heteroatoms. The van der Waals surface area contributed by atoms with Gasteiger partial charge in [-0.1, -0.05) is 29.8 Å². The van der Waals surface area contributed by atoms with Crippen molar-refractivity contribution in [1.82, 2.24) is 10.2 Å². The average molecular weight is 406 g/mol. The number of rotatable bonds is 5. The molecule has 0 unspecified atom stereocenters. The number of aliphatic hydroxyl groups is 1. The van der Waals surface area contributed by atoms with Crippen LogP contribution in [0.5, 0.6) is 0 Å². The number of nitrogens with zero attached hydrogens (tertiary/aromatic N) is 1. The van der Waals surface area contributed by atoms with E-state index in [4.69, 9.17) is 21.7 Å². The molecule has 1 heterocycles. The van der Waals surface area contributed by atoms with Crippen molar-refractivity contribution < 1.29 is 27.8 Å². The fraction of sp³-hybridized carbons (Fsp3) is 0.611.